The first-order valence-corrected chi connectivity index (χ1v) is 8.31. The van der Waals surface area contributed by atoms with E-state index in [1.165, 1.54) is 0 Å². The first-order valence-electron chi connectivity index (χ1n) is 8.31. The average Bonchev–Trinajstić information content (AvgIpc) is 2.66. The van der Waals surface area contributed by atoms with Crippen LogP contribution in [-0.2, 0) is 9.47 Å². The molecule has 2 rings (SSSR count). The Balaban J connectivity index is 1.99. The number of rotatable bonds is 3. The highest BCUT2D eigenvalue weighted by atomic mass is 16.7. The van der Waals surface area contributed by atoms with Gasteiger partial charge in [-0.25, -0.2) is 0 Å². The second-order valence-corrected chi connectivity index (χ2v) is 6.69. The molecule has 22 heavy (non-hydrogen) atoms. The van der Waals surface area contributed by atoms with E-state index in [2.05, 4.69) is 11.8 Å². The normalized spacial score (nSPS) is 30.0. The fourth-order valence-electron chi connectivity index (χ4n) is 3.12. The molecule has 0 radical (unpaired) electrons. The molecule has 0 amide bonds. The van der Waals surface area contributed by atoms with Crippen LogP contribution in [0.5, 0.6) is 0 Å². The first kappa shape index (κ1) is 17.5. The van der Waals surface area contributed by atoms with Gasteiger partial charge in [-0.15, -0.1) is 0 Å². The van der Waals surface area contributed by atoms with E-state index < -0.39 is 11.2 Å². The summed E-state index contributed by atoms with van der Waals surface area (Å²) < 4.78 is 11.1. The molecule has 1 saturated heterocycles. The zero-order chi connectivity index (χ0) is 16.1. The molecule has 0 aromatic heterocycles. The van der Waals surface area contributed by atoms with E-state index in [0.29, 0.717) is 12.0 Å². The summed E-state index contributed by atoms with van der Waals surface area (Å²) in [4.78, 5) is 0. The summed E-state index contributed by atoms with van der Waals surface area (Å²) in [6, 6.07) is 0. The lowest BCUT2D eigenvalue weighted by Crippen LogP contribution is -2.40. The van der Waals surface area contributed by atoms with E-state index in [-0.39, 0.29) is 12.9 Å². The van der Waals surface area contributed by atoms with Crippen LogP contribution >= 0.6 is 0 Å². The van der Waals surface area contributed by atoms with E-state index in [1.807, 2.05) is 6.08 Å². The van der Waals surface area contributed by atoms with E-state index in [4.69, 9.17) is 9.47 Å². The van der Waals surface area contributed by atoms with Gasteiger partial charge >= 0.3 is 0 Å². The van der Waals surface area contributed by atoms with Crippen LogP contribution in [0.25, 0.3) is 0 Å². The van der Waals surface area contributed by atoms with Crippen LogP contribution in [0, 0.1) is 11.8 Å². The highest BCUT2D eigenvalue weighted by Crippen LogP contribution is 2.34. The Morgan fingerprint density at radius 2 is 2.18 bits per heavy atom. The fourth-order valence-corrected chi connectivity index (χ4v) is 3.12. The largest absolute Gasteiger partial charge is 0.386 e. The minimum atomic E-state index is -1.26. The summed E-state index contributed by atoms with van der Waals surface area (Å²) in [6.07, 6.45) is 8.21. The van der Waals surface area contributed by atoms with Crippen molar-refractivity contribution >= 4 is 0 Å². The lowest BCUT2D eigenvalue weighted by Gasteiger charge is -2.32. The summed E-state index contributed by atoms with van der Waals surface area (Å²) >= 11 is 0. The quantitative estimate of drug-likeness (QED) is 0.621. The smallest absolute Gasteiger partial charge is 0.158 e. The third kappa shape index (κ3) is 4.82. The van der Waals surface area contributed by atoms with Gasteiger partial charge in [-0.3, -0.25) is 0 Å². The predicted octanol–water partition coefficient (Wildman–Crippen LogP) is 2.54. The van der Waals surface area contributed by atoms with Crippen LogP contribution in [0.4, 0.5) is 0 Å². The van der Waals surface area contributed by atoms with Gasteiger partial charge in [0.2, 0.25) is 0 Å². The maximum Gasteiger partial charge on any atom is 0.158 e. The summed E-state index contributed by atoms with van der Waals surface area (Å²) in [6.45, 7) is 4.38. The van der Waals surface area contributed by atoms with Crippen molar-refractivity contribution in [1.82, 2.24) is 0 Å². The third-order valence-corrected chi connectivity index (χ3v) is 4.22. The maximum absolute atomic E-state index is 10.9. The Morgan fingerprint density at radius 1 is 1.36 bits per heavy atom. The lowest BCUT2D eigenvalue weighted by atomic mass is 9.81. The van der Waals surface area contributed by atoms with Gasteiger partial charge in [-0.1, -0.05) is 17.9 Å². The number of hydrogen-bond acceptors (Lipinski definition) is 4. The van der Waals surface area contributed by atoms with Gasteiger partial charge in [0.25, 0.3) is 0 Å². The second kappa shape index (κ2) is 7.61. The molecule has 124 valence electrons. The molecular weight excluding hydrogens is 280 g/mol. The summed E-state index contributed by atoms with van der Waals surface area (Å²) in [5, 5.41) is 21.2. The van der Waals surface area contributed by atoms with Gasteiger partial charge in [0.15, 0.2) is 6.29 Å². The molecule has 2 atom stereocenters. The van der Waals surface area contributed by atoms with Crippen molar-refractivity contribution in [2.75, 3.05) is 13.2 Å². The molecule has 0 bridgehead atoms. The van der Waals surface area contributed by atoms with E-state index in [9.17, 15) is 10.2 Å². The van der Waals surface area contributed by atoms with Gasteiger partial charge in [0.05, 0.1) is 5.60 Å². The average molecular weight is 308 g/mol. The molecular formula is C18H28O4. The van der Waals surface area contributed by atoms with Crippen LogP contribution < -0.4 is 0 Å². The number of ether oxygens (including phenoxy) is 2. The molecule has 2 N–H and O–H groups in total. The Labute approximate surface area is 133 Å². The highest BCUT2D eigenvalue weighted by molar-refractivity contribution is 5.36. The second-order valence-electron chi connectivity index (χ2n) is 6.69. The standard InChI is InChI=1S/C18H28O4/c1-17(2,19)15-9-4-3-6-11-18(15,20)12-8-14-22-16-10-5-7-13-21-16/h9,16,19-20H,3-7,10-11,13-14H2,1-2H3/t16?,18-/m0/s1. The molecule has 1 heterocycles. The molecule has 1 unspecified atom stereocenters. The minimum absolute atomic E-state index is 0.170. The molecule has 4 nitrogen and oxygen atoms in total. The molecule has 0 saturated carbocycles. The number of allylic oxidation sites excluding steroid dienone is 1. The SMILES string of the molecule is CC(C)(O)C1=CCCCC[C@]1(O)C#CCOC1CCCCO1. The van der Waals surface area contributed by atoms with Crippen LogP contribution in [0.3, 0.4) is 0 Å². The molecule has 0 spiro atoms. The molecule has 2 aliphatic rings. The minimum Gasteiger partial charge on any atom is -0.386 e. The lowest BCUT2D eigenvalue weighted by molar-refractivity contribution is -0.154. The van der Waals surface area contributed by atoms with Crippen molar-refractivity contribution in [3.63, 3.8) is 0 Å². The van der Waals surface area contributed by atoms with Crippen LogP contribution in [0.2, 0.25) is 0 Å². The monoisotopic (exact) mass is 308 g/mol. The Morgan fingerprint density at radius 3 is 2.86 bits per heavy atom. The Kier molecular flexibility index (Phi) is 6.05. The molecule has 0 aromatic carbocycles. The highest BCUT2D eigenvalue weighted by Gasteiger charge is 2.38. The van der Waals surface area contributed by atoms with Crippen molar-refractivity contribution in [1.29, 1.82) is 0 Å². The van der Waals surface area contributed by atoms with Crippen molar-refractivity contribution in [2.24, 2.45) is 0 Å². The summed E-state index contributed by atoms with van der Waals surface area (Å²) in [5.41, 5.74) is -1.72. The van der Waals surface area contributed by atoms with Crippen LogP contribution in [-0.4, -0.2) is 40.9 Å². The maximum atomic E-state index is 10.9. The zero-order valence-corrected chi connectivity index (χ0v) is 13.7. The van der Waals surface area contributed by atoms with Gasteiger partial charge in [0.1, 0.15) is 12.2 Å². The first-order chi connectivity index (χ1) is 10.4. The van der Waals surface area contributed by atoms with Crippen molar-refractivity contribution in [3.05, 3.63) is 11.6 Å². The fraction of sp³-hybridized carbons (Fsp3) is 0.778. The summed E-state index contributed by atoms with van der Waals surface area (Å²) in [5.74, 6) is 5.85. The van der Waals surface area contributed by atoms with Gasteiger partial charge in [-0.05, 0) is 58.8 Å². The van der Waals surface area contributed by atoms with Gasteiger partial charge in [0, 0.05) is 12.2 Å². The molecule has 1 fully saturated rings. The van der Waals surface area contributed by atoms with E-state index in [1.54, 1.807) is 13.8 Å². The number of hydrogen-bond donors (Lipinski definition) is 2. The van der Waals surface area contributed by atoms with E-state index >= 15 is 0 Å². The zero-order valence-electron chi connectivity index (χ0n) is 13.7. The number of aliphatic hydroxyl groups is 2. The van der Waals surface area contributed by atoms with Crippen molar-refractivity contribution in [3.8, 4) is 11.8 Å². The topological polar surface area (TPSA) is 58.9 Å². The Hall–Kier alpha value is -0.860. The van der Waals surface area contributed by atoms with Gasteiger partial charge in [-0.2, -0.15) is 0 Å². The van der Waals surface area contributed by atoms with Crippen LogP contribution in [0.15, 0.2) is 11.6 Å². The van der Waals surface area contributed by atoms with E-state index in [0.717, 1.165) is 45.1 Å². The van der Waals surface area contributed by atoms with Crippen LogP contribution in [0.1, 0.15) is 58.8 Å². The van der Waals surface area contributed by atoms with Crippen molar-refractivity contribution < 1.29 is 19.7 Å². The Bertz CT molecular complexity index is 446. The third-order valence-electron chi connectivity index (χ3n) is 4.22. The summed E-state index contributed by atoms with van der Waals surface area (Å²) in [7, 11) is 0. The molecule has 1 aliphatic carbocycles. The van der Waals surface area contributed by atoms with Gasteiger partial charge < -0.3 is 19.7 Å². The predicted molar refractivity (Wildman–Crippen MR) is 85.1 cm³/mol. The molecule has 4 heteroatoms. The molecule has 1 aliphatic heterocycles. The van der Waals surface area contributed by atoms with Crippen molar-refractivity contribution in [2.45, 2.75) is 76.3 Å². The molecule has 0 aromatic rings.